The van der Waals surface area contributed by atoms with Crippen molar-refractivity contribution >= 4 is 11.8 Å². The Bertz CT molecular complexity index is 1370. The van der Waals surface area contributed by atoms with Crippen LogP contribution in [0.5, 0.6) is 0 Å². The van der Waals surface area contributed by atoms with Gasteiger partial charge in [-0.1, -0.05) is 12.2 Å². The largest absolute Gasteiger partial charge is 0.432 e. The van der Waals surface area contributed by atoms with E-state index in [1.54, 1.807) is 30.8 Å². The van der Waals surface area contributed by atoms with Crippen LogP contribution in [0.4, 0.5) is 10.3 Å². The number of likely N-dealkylation sites (tertiary alicyclic amines) is 1. The Kier molecular flexibility index (Phi) is 6.71. The number of halogens is 1. The van der Waals surface area contributed by atoms with Gasteiger partial charge in [0, 0.05) is 43.6 Å². The van der Waals surface area contributed by atoms with Crippen LogP contribution in [-0.4, -0.2) is 49.9 Å². The van der Waals surface area contributed by atoms with E-state index in [0.717, 1.165) is 61.5 Å². The third-order valence-corrected chi connectivity index (χ3v) is 6.37. The molecule has 4 heterocycles. The van der Waals surface area contributed by atoms with Gasteiger partial charge in [-0.25, -0.2) is 14.4 Å². The lowest BCUT2D eigenvalue weighted by atomic mass is 10.1. The standard InChI is InChI=1S/C27H30FN7O/c1-18(2)8-12-29-19(3)34-14-10-22(11-15-34)31-26-30-13-9-23(32-26)25-24(20-4-6-21(28)7-5-20)33-27-35(25)16-17-36-27/h4-7,9,13,16-17,22,29H,1,3,8,10-12,14-15H2,2H3,(H,30,31,32). The lowest BCUT2D eigenvalue weighted by Crippen LogP contribution is -2.41. The van der Waals surface area contributed by atoms with Crippen LogP contribution in [0.15, 0.2) is 78.0 Å². The molecule has 9 heteroatoms. The van der Waals surface area contributed by atoms with Crippen LogP contribution >= 0.6 is 0 Å². The van der Waals surface area contributed by atoms with Crippen molar-refractivity contribution in [3.05, 3.63) is 79.4 Å². The van der Waals surface area contributed by atoms with Crippen molar-refractivity contribution in [1.29, 1.82) is 0 Å². The normalized spacial score (nSPS) is 14.2. The number of aromatic nitrogens is 4. The van der Waals surface area contributed by atoms with E-state index in [4.69, 9.17) is 9.40 Å². The zero-order valence-corrected chi connectivity index (χ0v) is 20.4. The maximum atomic E-state index is 13.5. The molecule has 1 saturated heterocycles. The van der Waals surface area contributed by atoms with Gasteiger partial charge in [0.1, 0.15) is 23.5 Å². The molecule has 3 aromatic heterocycles. The molecule has 4 aromatic rings. The Hall–Kier alpha value is -4.14. The SMILES string of the molecule is C=C(C)CCNC(=C)N1CCC(Nc2nccc(-c3c(-c4ccc(F)cc4)nc4occn34)n2)CC1. The maximum Gasteiger partial charge on any atom is 0.306 e. The molecule has 36 heavy (non-hydrogen) atoms. The summed E-state index contributed by atoms with van der Waals surface area (Å²) in [5.74, 6) is 1.68. The third-order valence-electron chi connectivity index (χ3n) is 6.37. The Morgan fingerprint density at radius 3 is 2.67 bits per heavy atom. The number of nitrogens with one attached hydrogen (secondary N) is 2. The molecule has 8 nitrogen and oxygen atoms in total. The zero-order chi connectivity index (χ0) is 25.1. The molecule has 0 unspecified atom stereocenters. The van der Waals surface area contributed by atoms with Crippen molar-refractivity contribution in [2.45, 2.75) is 32.2 Å². The molecule has 1 aromatic carbocycles. The molecule has 0 amide bonds. The molecular weight excluding hydrogens is 457 g/mol. The minimum absolute atomic E-state index is 0.260. The first kappa shape index (κ1) is 23.6. The number of rotatable bonds is 9. The van der Waals surface area contributed by atoms with Gasteiger partial charge >= 0.3 is 5.84 Å². The van der Waals surface area contributed by atoms with Crippen LogP contribution in [-0.2, 0) is 0 Å². The number of hydrogen-bond acceptors (Lipinski definition) is 7. The summed E-state index contributed by atoms with van der Waals surface area (Å²) in [7, 11) is 0. The molecule has 1 aliphatic rings. The lowest BCUT2D eigenvalue weighted by molar-refractivity contribution is 0.256. The first-order chi connectivity index (χ1) is 17.5. The van der Waals surface area contributed by atoms with E-state index >= 15 is 0 Å². The summed E-state index contributed by atoms with van der Waals surface area (Å²) < 4.78 is 20.9. The quantitative estimate of drug-likeness (QED) is 0.318. The van der Waals surface area contributed by atoms with Crippen LogP contribution in [0.1, 0.15) is 26.2 Å². The predicted octanol–water partition coefficient (Wildman–Crippen LogP) is 5.09. The fourth-order valence-corrected chi connectivity index (χ4v) is 4.41. The Morgan fingerprint density at radius 1 is 1.14 bits per heavy atom. The van der Waals surface area contributed by atoms with Crippen molar-refractivity contribution in [1.82, 2.24) is 29.6 Å². The summed E-state index contributed by atoms with van der Waals surface area (Å²) >= 11 is 0. The summed E-state index contributed by atoms with van der Waals surface area (Å²) in [6, 6.07) is 8.36. The Balaban J connectivity index is 1.29. The second-order valence-electron chi connectivity index (χ2n) is 9.12. The zero-order valence-electron chi connectivity index (χ0n) is 20.4. The highest BCUT2D eigenvalue weighted by Gasteiger charge is 2.22. The number of nitrogens with zero attached hydrogens (tertiary/aromatic N) is 5. The summed E-state index contributed by atoms with van der Waals surface area (Å²) in [5, 5.41) is 6.89. The molecule has 0 atom stereocenters. The van der Waals surface area contributed by atoms with E-state index in [2.05, 4.69) is 38.7 Å². The van der Waals surface area contributed by atoms with Gasteiger partial charge in [0.2, 0.25) is 5.95 Å². The number of oxazole rings is 1. The molecule has 5 rings (SSSR count). The second-order valence-corrected chi connectivity index (χ2v) is 9.12. The Morgan fingerprint density at radius 2 is 1.92 bits per heavy atom. The van der Waals surface area contributed by atoms with Crippen LogP contribution in [0.2, 0.25) is 0 Å². The highest BCUT2D eigenvalue weighted by molar-refractivity contribution is 5.79. The van der Waals surface area contributed by atoms with Gasteiger partial charge in [0.15, 0.2) is 0 Å². The highest BCUT2D eigenvalue weighted by Crippen LogP contribution is 2.32. The minimum Gasteiger partial charge on any atom is -0.432 e. The van der Waals surface area contributed by atoms with E-state index in [1.165, 1.54) is 12.1 Å². The average molecular weight is 488 g/mol. The smallest absolute Gasteiger partial charge is 0.306 e. The summed E-state index contributed by atoms with van der Waals surface area (Å²) in [6.45, 7) is 12.8. The van der Waals surface area contributed by atoms with Gasteiger partial charge in [0.25, 0.3) is 0 Å². The van der Waals surface area contributed by atoms with Gasteiger partial charge in [-0.05, 0) is 56.5 Å². The summed E-state index contributed by atoms with van der Waals surface area (Å²) in [5.41, 5.74) is 4.08. The molecule has 2 N–H and O–H groups in total. The van der Waals surface area contributed by atoms with Gasteiger partial charge in [0.05, 0.1) is 11.5 Å². The third kappa shape index (κ3) is 5.10. The average Bonchev–Trinajstić information content (AvgIpc) is 3.46. The number of anilines is 1. The number of piperidine rings is 1. The molecule has 0 radical (unpaired) electrons. The fourth-order valence-electron chi connectivity index (χ4n) is 4.41. The van der Waals surface area contributed by atoms with Gasteiger partial charge < -0.3 is 20.0 Å². The second kappa shape index (κ2) is 10.2. The molecule has 0 aliphatic carbocycles. The molecule has 0 saturated carbocycles. The van der Waals surface area contributed by atoms with Crippen LogP contribution in [0, 0.1) is 5.82 Å². The topological polar surface area (TPSA) is 83.5 Å². The Labute approximate surface area is 209 Å². The molecule has 186 valence electrons. The summed E-state index contributed by atoms with van der Waals surface area (Å²) in [6.07, 6.45) is 7.96. The lowest BCUT2D eigenvalue weighted by Gasteiger charge is -2.35. The number of fused-ring (bicyclic) bond motifs is 1. The molecule has 0 spiro atoms. The first-order valence-corrected chi connectivity index (χ1v) is 12.1. The highest BCUT2D eigenvalue weighted by atomic mass is 19.1. The van der Waals surface area contributed by atoms with Crippen molar-refractivity contribution in [2.24, 2.45) is 0 Å². The van der Waals surface area contributed by atoms with Crippen LogP contribution < -0.4 is 10.6 Å². The van der Waals surface area contributed by atoms with Crippen molar-refractivity contribution in [2.75, 3.05) is 25.0 Å². The number of benzene rings is 1. The van der Waals surface area contributed by atoms with Gasteiger partial charge in [-0.3, -0.25) is 4.40 Å². The first-order valence-electron chi connectivity index (χ1n) is 12.1. The van der Waals surface area contributed by atoms with Crippen molar-refractivity contribution in [3.8, 4) is 22.6 Å². The van der Waals surface area contributed by atoms with E-state index in [-0.39, 0.29) is 11.9 Å². The minimum atomic E-state index is -0.297. The van der Waals surface area contributed by atoms with Crippen LogP contribution in [0.3, 0.4) is 0 Å². The monoisotopic (exact) mass is 487 g/mol. The van der Waals surface area contributed by atoms with E-state index in [0.29, 0.717) is 23.2 Å². The van der Waals surface area contributed by atoms with E-state index in [9.17, 15) is 4.39 Å². The number of hydrogen-bond donors (Lipinski definition) is 2. The predicted molar refractivity (Wildman–Crippen MR) is 139 cm³/mol. The fraction of sp³-hybridized carbons (Fsp3) is 0.296. The van der Waals surface area contributed by atoms with Crippen molar-refractivity contribution in [3.63, 3.8) is 0 Å². The molecule has 1 fully saturated rings. The molecule has 0 bridgehead atoms. The van der Waals surface area contributed by atoms with E-state index in [1.807, 2.05) is 17.4 Å². The number of imidazole rings is 1. The van der Waals surface area contributed by atoms with E-state index < -0.39 is 0 Å². The maximum absolute atomic E-state index is 13.5. The van der Waals surface area contributed by atoms with Crippen LogP contribution in [0.25, 0.3) is 28.5 Å². The molecule has 1 aliphatic heterocycles. The van der Waals surface area contributed by atoms with Gasteiger partial charge in [-0.15, -0.1) is 6.58 Å². The van der Waals surface area contributed by atoms with Crippen molar-refractivity contribution < 1.29 is 8.81 Å². The summed E-state index contributed by atoms with van der Waals surface area (Å²) in [4.78, 5) is 16.2. The van der Waals surface area contributed by atoms with Gasteiger partial charge in [-0.2, -0.15) is 4.98 Å². The molecular formula is C27H30FN7O.